The lowest BCUT2D eigenvalue weighted by Gasteiger charge is -2.32. The molecule has 5 heteroatoms. The van der Waals surface area contributed by atoms with Crippen molar-refractivity contribution in [3.05, 3.63) is 17.3 Å². The van der Waals surface area contributed by atoms with E-state index >= 15 is 0 Å². The zero-order valence-electron chi connectivity index (χ0n) is 10.4. The molecule has 2 aromatic rings. The van der Waals surface area contributed by atoms with Crippen molar-refractivity contribution < 1.29 is 0 Å². The highest BCUT2D eigenvalue weighted by atomic mass is 79.9. The third-order valence-corrected chi connectivity index (χ3v) is 5.64. The van der Waals surface area contributed by atoms with Crippen LogP contribution in [0.15, 0.2) is 11.7 Å². The van der Waals surface area contributed by atoms with E-state index in [1.807, 2.05) is 0 Å². The van der Waals surface area contributed by atoms with Crippen LogP contribution in [0.2, 0.25) is 0 Å². The highest BCUT2D eigenvalue weighted by Gasteiger charge is 2.21. The Morgan fingerprint density at radius 1 is 1.39 bits per heavy atom. The summed E-state index contributed by atoms with van der Waals surface area (Å²) in [6, 6.07) is 0. The molecule has 0 bridgehead atoms. The standard InChI is InChI=1S/C13H16BrN3S/c1-9-7-18-12-11(9)15-8-16-13(12)17-4-2-10(6-14)3-5-17/h7-8,10H,2-6H2,1H3. The molecule has 3 nitrogen and oxygen atoms in total. The molecule has 0 saturated carbocycles. The van der Waals surface area contributed by atoms with Gasteiger partial charge in [-0.2, -0.15) is 0 Å². The maximum atomic E-state index is 4.51. The fourth-order valence-corrected chi connectivity index (χ4v) is 4.15. The quantitative estimate of drug-likeness (QED) is 0.790. The zero-order valence-corrected chi connectivity index (χ0v) is 12.8. The van der Waals surface area contributed by atoms with Gasteiger partial charge in [-0.05, 0) is 36.6 Å². The third kappa shape index (κ3) is 2.14. The van der Waals surface area contributed by atoms with Crippen LogP contribution in [-0.4, -0.2) is 28.4 Å². The van der Waals surface area contributed by atoms with Gasteiger partial charge < -0.3 is 4.90 Å². The molecule has 0 radical (unpaired) electrons. The minimum absolute atomic E-state index is 0.823. The van der Waals surface area contributed by atoms with Crippen LogP contribution in [0.3, 0.4) is 0 Å². The first-order valence-corrected chi connectivity index (χ1v) is 8.29. The molecule has 1 aliphatic rings. The second-order valence-electron chi connectivity index (χ2n) is 4.88. The average molecular weight is 326 g/mol. The van der Waals surface area contributed by atoms with Crippen LogP contribution >= 0.6 is 27.3 Å². The molecule has 0 spiro atoms. The van der Waals surface area contributed by atoms with Crippen molar-refractivity contribution in [3.8, 4) is 0 Å². The van der Waals surface area contributed by atoms with Crippen molar-refractivity contribution >= 4 is 43.3 Å². The van der Waals surface area contributed by atoms with Crippen molar-refractivity contribution in [2.75, 3.05) is 23.3 Å². The van der Waals surface area contributed by atoms with Gasteiger partial charge in [0.1, 0.15) is 12.1 Å². The number of nitrogens with zero attached hydrogens (tertiary/aromatic N) is 3. The normalized spacial score (nSPS) is 17.6. The average Bonchev–Trinajstić information content (AvgIpc) is 2.81. The van der Waals surface area contributed by atoms with Gasteiger partial charge in [0.05, 0.1) is 10.2 Å². The second kappa shape index (κ2) is 5.13. The molecular formula is C13H16BrN3S. The number of alkyl halides is 1. The van der Waals surface area contributed by atoms with Crippen LogP contribution in [0.5, 0.6) is 0 Å². The van der Waals surface area contributed by atoms with E-state index in [0.29, 0.717) is 0 Å². The van der Waals surface area contributed by atoms with Crippen LogP contribution in [0.25, 0.3) is 10.2 Å². The molecule has 0 aromatic carbocycles. The molecule has 96 valence electrons. The zero-order chi connectivity index (χ0) is 12.5. The summed E-state index contributed by atoms with van der Waals surface area (Å²) < 4.78 is 1.24. The summed E-state index contributed by atoms with van der Waals surface area (Å²) in [6.07, 6.45) is 4.20. The van der Waals surface area contributed by atoms with Gasteiger partial charge >= 0.3 is 0 Å². The molecule has 1 fully saturated rings. The summed E-state index contributed by atoms with van der Waals surface area (Å²) in [5.74, 6) is 1.95. The van der Waals surface area contributed by atoms with Gasteiger partial charge in [0.15, 0.2) is 0 Å². The summed E-state index contributed by atoms with van der Waals surface area (Å²) in [5, 5.41) is 3.30. The molecule has 0 unspecified atom stereocenters. The van der Waals surface area contributed by atoms with E-state index in [1.54, 1.807) is 17.7 Å². The number of aryl methyl sites for hydroxylation is 1. The molecule has 18 heavy (non-hydrogen) atoms. The Balaban J connectivity index is 1.91. The first-order chi connectivity index (χ1) is 8.79. The van der Waals surface area contributed by atoms with Crippen LogP contribution in [0.1, 0.15) is 18.4 Å². The summed E-state index contributed by atoms with van der Waals surface area (Å²) in [4.78, 5) is 11.3. The topological polar surface area (TPSA) is 29.0 Å². The van der Waals surface area contributed by atoms with Crippen molar-refractivity contribution in [2.45, 2.75) is 19.8 Å². The number of halogens is 1. The van der Waals surface area contributed by atoms with Crippen molar-refractivity contribution in [1.82, 2.24) is 9.97 Å². The number of hydrogen-bond acceptors (Lipinski definition) is 4. The van der Waals surface area contributed by atoms with Crippen molar-refractivity contribution in [1.29, 1.82) is 0 Å². The van der Waals surface area contributed by atoms with E-state index in [9.17, 15) is 0 Å². The molecule has 1 saturated heterocycles. The maximum absolute atomic E-state index is 4.51. The molecule has 0 aliphatic carbocycles. The molecule has 3 heterocycles. The van der Waals surface area contributed by atoms with Crippen LogP contribution in [-0.2, 0) is 0 Å². The van der Waals surface area contributed by atoms with Gasteiger partial charge in [0.2, 0.25) is 0 Å². The Hall–Kier alpha value is -0.680. The summed E-state index contributed by atoms with van der Waals surface area (Å²) in [6.45, 7) is 4.34. The minimum Gasteiger partial charge on any atom is -0.355 e. The first kappa shape index (κ1) is 12.4. The lowest BCUT2D eigenvalue weighted by Crippen LogP contribution is -2.34. The molecule has 0 amide bonds. The fourth-order valence-electron chi connectivity index (χ4n) is 2.48. The summed E-state index contributed by atoms with van der Waals surface area (Å²) in [5.41, 5.74) is 2.38. The monoisotopic (exact) mass is 325 g/mol. The smallest absolute Gasteiger partial charge is 0.150 e. The maximum Gasteiger partial charge on any atom is 0.150 e. The van der Waals surface area contributed by atoms with Crippen molar-refractivity contribution in [3.63, 3.8) is 0 Å². The van der Waals surface area contributed by atoms with Crippen LogP contribution in [0.4, 0.5) is 5.82 Å². The number of rotatable bonds is 2. The Morgan fingerprint density at radius 2 is 2.17 bits per heavy atom. The minimum atomic E-state index is 0.823. The number of piperidine rings is 1. The van der Waals surface area contributed by atoms with Gasteiger partial charge in [-0.3, -0.25) is 0 Å². The molecule has 0 atom stereocenters. The molecule has 1 aliphatic heterocycles. The van der Waals surface area contributed by atoms with E-state index in [-0.39, 0.29) is 0 Å². The van der Waals surface area contributed by atoms with E-state index in [1.165, 1.54) is 23.1 Å². The van der Waals surface area contributed by atoms with Crippen molar-refractivity contribution in [2.24, 2.45) is 5.92 Å². The molecule has 0 N–H and O–H groups in total. The van der Waals surface area contributed by atoms with E-state index in [0.717, 1.165) is 35.7 Å². The van der Waals surface area contributed by atoms with Crippen LogP contribution in [0, 0.1) is 12.8 Å². The lowest BCUT2D eigenvalue weighted by atomic mass is 9.99. The highest BCUT2D eigenvalue weighted by Crippen LogP contribution is 2.32. The Kier molecular flexibility index (Phi) is 3.52. The second-order valence-corrected chi connectivity index (χ2v) is 6.41. The van der Waals surface area contributed by atoms with Gasteiger partial charge in [0, 0.05) is 18.4 Å². The molecule has 3 rings (SSSR count). The Morgan fingerprint density at radius 3 is 2.89 bits per heavy atom. The third-order valence-electron chi connectivity index (χ3n) is 3.64. The predicted octanol–water partition coefficient (Wildman–Crippen LogP) is 3.61. The number of fused-ring (bicyclic) bond motifs is 1. The van der Waals surface area contributed by atoms with Gasteiger partial charge in [0.25, 0.3) is 0 Å². The fraction of sp³-hybridized carbons (Fsp3) is 0.538. The van der Waals surface area contributed by atoms with E-state index in [2.05, 4.69) is 43.1 Å². The number of anilines is 1. The predicted molar refractivity (Wildman–Crippen MR) is 80.9 cm³/mol. The highest BCUT2D eigenvalue weighted by molar-refractivity contribution is 9.09. The summed E-state index contributed by atoms with van der Waals surface area (Å²) in [7, 11) is 0. The lowest BCUT2D eigenvalue weighted by molar-refractivity contribution is 0.446. The van der Waals surface area contributed by atoms with Gasteiger partial charge in [-0.1, -0.05) is 15.9 Å². The number of hydrogen-bond donors (Lipinski definition) is 0. The SMILES string of the molecule is Cc1csc2c(N3CCC(CBr)CC3)ncnc12. The number of thiophene rings is 1. The largest absolute Gasteiger partial charge is 0.355 e. The molecule has 2 aromatic heterocycles. The molecular weight excluding hydrogens is 310 g/mol. The van der Waals surface area contributed by atoms with Gasteiger partial charge in [-0.25, -0.2) is 9.97 Å². The van der Waals surface area contributed by atoms with E-state index < -0.39 is 0 Å². The Labute approximate surface area is 119 Å². The number of aromatic nitrogens is 2. The van der Waals surface area contributed by atoms with E-state index in [4.69, 9.17) is 0 Å². The first-order valence-electron chi connectivity index (χ1n) is 6.29. The Bertz CT molecular complexity index is 546. The van der Waals surface area contributed by atoms with Crippen LogP contribution < -0.4 is 4.90 Å². The summed E-state index contributed by atoms with van der Waals surface area (Å²) >= 11 is 5.35. The van der Waals surface area contributed by atoms with Gasteiger partial charge in [-0.15, -0.1) is 11.3 Å².